The highest BCUT2D eigenvalue weighted by Gasteiger charge is 2.30. The van der Waals surface area contributed by atoms with Crippen LogP contribution in [-0.2, 0) is 16.2 Å². The van der Waals surface area contributed by atoms with Crippen LogP contribution in [0.3, 0.4) is 0 Å². The zero-order chi connectivity index (χ0) is 23.6. The average molecular weight is 493 g/mol. The molecule has 4 aromatic rings. The van der Waals surface area contributed by atoms with Gasteiger partial charge in [-0.05, 0) is 48.5 Å². The van der Waals surface area contributed by atoms with Crippen molar-refractivity contribution in [3.05, 3.63) is 83.7 Å². The van der Waals surface area contributed by atoms with Crippen molar-refractivity contribution in [2.75, 3.05) is 10.0 Å². The number of hydrogen-bond donors (Lipinski definition) is 2. The lowest BCUT2D eigenvalue weighted by atomic mass is 10.1. The number of amides is 1. The zero-order valence-corrected chi connectivity index (χ0v) is 18.1. The van der Waals surface area contributed by atoms with Crippen molar-refractivity contribution in [3.8, 4) is 11.3 Å². The van der Waals surface area contributed by atoms with E-state index in [1.54, 1.807) is 0 Å². The van der Waals surface area contributed by atoms with E-state index >= 15 is 0 Å². The second kappa shape index (κ2) is 8.71. The fraction of sp³-hybridized carbons (Fsp3) is 0.0476. The fourth-order valence-corrected chi connectivity index (χ4v) is 4.64. The maximum Gasteiger partial charge on any atom is 0.416 e. The Morgan fingerprint density at radius 3 is 2.45 bits per heavy atom. The molecule has 0 aliphatic heterocycles. The van der Waals surface area contributed by atoms with Crippen molar-refractivity contribution < 1.29 is 30.8 Å². The molecule has 0 saturated heterocycles. The zero-order valence-electron chi connectivity index (χ0n) is 16.5. The first-order valence-electron chi connectivity index (χ1n) is 9.22. The molecule has 0 aliphatic carbocycles. The Kier molecular flexibility index (Phi) is 5.95. The summed E-state index contributed by atoms with van der Waals surface area (Å²) in [4.78, 5) is 16.2. The molecular formula is C21H14F3N3O4S2. The van der Waals surface area contributed by atoms with Crippen molar-refractivity contribution in [3.63, 3.8) is 0 Å². The van der Waals surface area contributed by atoms with Gasteiger partial charge < -0.3 is 9.73 Å². The number of halogens is 3. The first-order valence-corrected chi connectivity index (χ1v) is 11.6. The smallest absolute Gasteiger partial charge is 0.416 e. The summed E-state index contributed by atoms with van der Waals surface area (Å²) in [5.41, 5.74) is 1.13. The molecule has 0 fully saturated rings. The molecule has 0 atom stereocenters. The molecular weight excluding hydrogens is 479 g/mol. The van der Waals surface area contributed by atoms with Crippen LogP contribution in [0.15, 0.2) is 81.7 Å². The molecule has 2 aromatic carbocycles. The molecule has 7 nitrogen and oxygen atoms in total. The van der Waals surface area contributed by atoms with E-state index in [0.29, 0.717) is 10.7 Å². The van der Waals surface area contributed by atoms with Crippen LogP contribution in [0.4, 0.5) is 23.9 Å². The number of benzene rings is 2. The van der Waals surface area contributed by atoms with Crippen molar-refractivity contribution >= 4 is 38.0 Å². The van der Waals surface area contributed by atoms with Crippen molar-refractivity contribution in [1.29, 1.82) is 0 Å². The Bertz CT molecular complexity index is 1380. The first-order chi connectivity index (χ1) is 15.6. The number of carbonyl (C=O) groups is 1. The quantitative estimate of drug-likeness (QED) is 0.371. The van der Waals surface area contributed by atoms with Gasteiger partial charge in [-0.2, -0.15) is 13.2 Å². The molecule has 2 heterocycles. The monoisotopic (exact) mass is 493 g/mol. The number of sulfonamides is 1. The molecule has 0 radical (unpaired) electrons. The summed E-state index contributed by atoms with van der Waals surface area (Å²) in [5.74, 6) is -0.667. The minimum absolute atomic E-state index is 0.0151. The van der Waals surface area contributed by atoms with Crippen LogP contribution >= 0.6 is 11.3 Å². The van der Waals surface area contributed by atoms with Gasteiger partial charge in [0.1, 0.15) is 10.8 Å². The number of anilines is 2. The van der Waals surface area contributed by atoms with Crippen molar-refractivity contribution in [1.82, 2.24) is 4.98 Å². The van der Waals surface area contributed by atoms with Crippen molar-refractivity contribution in [2.24, 2.45) is 0 Å². The summed E-state index contributed by atoms with van der Waals surface area (Å²) in [5, 5.41) is 2.91. The third kappa shape index (κ3) is 5.23. The summed E-state index contributed by atoms with van der Waals surface area (Å²) in [6.07, 6.45) is -3.12. The van der Waals surface area contributed by atoms with Crippen LogP contribution in [-0.4, -0.2) is 19.3 Å². The lowest BCUT2D eigenvalue weighted by molar-refractivity contribution is -0.137. The summed E-state index contributed by atoms with van der Waals surface area (Å²) in [6, 6.07) is 12.7. The largest absolute Gasteiger partial charge is 0.451 e. The topological polar surface area (TPSA) is 101 Å². The average Bonchev–Trinajstić information content (AvgIpc) is 3.46. The maximum absolute atomic E-state index is 12.9. The number of carbonyl (C=O) groups excluding carboxylic acids is 1. The number of nitrogens with zero attached hydrogens (tertiary/aromatic N) is 1. The highest BCUT2D eigenvalue weighted by Crippen LogP contribution is 2.32. The summed E-state index contributed by atoms with van der Waals surface area (Å²) in [7, 11) is -3.81. The number of thiazole rings is 1. The molecule has 170 valence electrons. The molecule has 2 aromatic heterocycles. The molecule has 4 rings (SSSR count). The predicted molar refractivity (Wildman–Crippen MR) is 116 cm³/mol. The van der Waals surface area contributed by atoms with Crippen LogP contribution < -0.4 is 10.0 Å². The normalized spacial score (nSPS) is 11.8. The van der Waals surface area contributed by atoms with Gasteiger partial charge in [0.25, 0.3) is 15.9 Å². The molecule has 33 heavy (non-hydrogen) atoms. The molecule has 12 heteroatoms. The van der Waals surface area contributed by atoms with Gasteiger partial charge in [-0.25, -0.2) is 8.42 Å². The van der Waals surface area contributed by atoms with Gasteiger partial charge in [-0.3, -0.25) is 14.5 Å². The van der Waals surface area contributed by atoms with Crippen LogP contribution in [0.25, 0.3) is 11.3 Å². The van der Waals surface area contributed by atoms with E-state index < -0.39 is 27.7 Å². The van der Waals surface area contributed by atoms with Gasteiger partial charge in [0.05, 0.1) is 22.2 Å². The van der Waals surface area contributed by atoms with Gasteiger partial charge in [0.15, 0.2) is 5.76 Å². The Balaban J connectivity index is 1.46. The highest BCUT2D eigenvalue weighted by atomic mass is 32.2. The van der Waals surface area contributed by atoms with E-state index in [-0.39, 0.29) is 22.0 Å². The number of alkyl halides is 3. The molecule has 0 unspecified atom stereocenters. The van der Waals surface area contributed by atoms with E-state index in [2.05, 4.69) is 15.0 Å². The third-order valence-electron chi connectivity index (χ3n) is 4.39. The Labute approximate surface area is 190 Å². The summed E-state index contributed by atoms with van der Waals surface area (Å²) >= 11 is 1.13. The number of hydrogen-bond acceptors (Lipinski definition) is 6. The Hall–Kier alpha value is -3.64. The van der Waals surface area contributed by atoms with E-state index in [4.69, 9.17) is 4.42 Å². The van der Waals surface area contributed by atoms with E-state index in [9.17, 15) is 26.4 Å². The van der Waals surface area contributed by atoms with Gasteiger partial charge >= 0.3 is 6.18 Å². The fourth-order valence-electron chi connectivity index (χ4n) is 2.83. The van der Waals surface area contributed by atoms with Gasteiger partial charge in [0, 0.05) is 11.3 Å². The van der Waals surface area contributed by atoms with E-state index in [1.165, 1.54) is 60.2 Å². The molecule has 2 N–H and O–H groups in total. The minimum atomic E-state index is -4.50. The molecule has 1 amide bonds. The number of aromatic nitrogens is 1. The van der Waals surface area contributed by atoms with Crippen LogP contribution in [0, 0.1) is 0 Å². The van der Waals surface area contributed by atoms with Crippen molar-refractivity contribution in [2.45, 2.75) is 11.1 Å². The highest BCUT2D eigenvalue weighted by molar-refractivity contribution is 7.93. The van der Waals surface area contributed by atoms with Crippen LogP contribution in [0.2, 0.25) is 0 Å². The second-order valence-corrected chi connectivity index (χ2v) is 9.26. The van der Waals surface area contributed by atoms with Crippen LogP contribution in [0.5, 0.6) is 0 Å². The van der Waals surface area contributed by atoms with Gasteiger partial charge in [0.2, 0.25) is 0 Å². The Morgan fingerprint density at radius 1 is 1.03 bits per heavy atom. The lowest BCUT2D eigenvalue weighted by Crippen LogP contribution is -2.13. The number of nitrogens with one attached hydrogen (secondary N) is 2. The van der Waals surface area contributed by atoms with Gasteiger partial charge in [-0.15, -0.1) is 11.3 Å². The third-order valence-corrected chi connectivity index (χ3v) is 6.59. The SMILES string of the molecule is O=C(Nc1ccc(S(=O)(=O)Nc2cncs2)cc1)c1ccc(-c2cccc(C(F)(F)F)c2)o1. The number of furan rings is 1. The maximum atomic E-state index is 12.9. The van der Waals surface area contributed by atoms with Crippen LogP contribution in [0.1, 0.15) is 16.1 Å². The first kappa shape index (κ1) is 22.6. The standard InChI is InChI=1S/C21H14F3N3O4S2/c22-21(23,24)14-3-1-2-13(10-14)17-8-9-18(31-17)20(28)26-15-4-6-16(7-5-15)33(29,30)27-19-11-25-12-32-19/h1-12,27H,(H,26,28). The minimum Gasteiger partial charge on any atom is -0.451 e. The predicted octanol–water partition coefficient (Wildman–Crippen LogP) is 5.48. The summed E-state index contributed by atoms with van der Waals surface area (Å²) in [6.45, 7) is 0. The number of rotatable bonds is 6. The molecule has 0 bridgehead atoms. The molecule has 0 saturated carbocycles. The molecule has 0 aliphatic rings. The van der Waals surface area contributed by atoms with E-state index in [0.717, 1.165) is 23.5 Å². The lowest BCUT2D eigenvalue weighted by Gasteiger charge is -2.08. The molecule has 0 spiro atoms. The second-order valence-electron chi connectivity index (χ2n) is 6.69. The Morgan fingerprint density at radius 2 is 1.79 bits per heavy atom. The summed E-state index contributed by atoms with van der Waals surface area (Å²) < 4.78 is 71.3. The van der Waals surface area contributed by atoms with E-state index in [1.807, 2.05) is 0 Å². The van der Waals surface area contributed by atoms with Gasteiger partial charge in [-0.1, -0.05) is 12.1 Å².